The van der Waals surface area contributed by atoms with E-state index in [1.165, 1.54) is 4.90 Å². The zero-order valence-corrected chi connectivity index (χ0v) is 28.4. The molecule has 0 radical (unpaired) electrons. The lowest BCUT2D eigenvalue weighted by Gasteiger charge is -2.27. The molecule has 0 aliphatic carbocycles. The number of ether oxygens (including phenoxy) is 3. The number of morpholine rings is 2. The summed E-state index contributed by atoms with van der Waals surface area (Å²) < 4.78 is 15.9. The number of anilines is 2. The van der Waals surface area contributed by atoms with Gasteiger partial charge in [0, 0.05) is 49.7 Å². The molecule has 0 unspecified atom stereocenters. The van der Waals surface area contributed by atoms with Gasteiger partial charge in [-0.05, 0) is 57.4 Å². The van der Waals surface area contributed by atoms with Crippen LogP contribution in [0.15, 0.2) is 24.3 Å². The van der Waals surface area contributed by atoms with E-state index in [1.54, 1.807) is 19.2 Å². The fourth-order valence-corrected chi connectivity index (χ4v) is 4.37. The number of unbranched alkanes of at least 4 members (excludes halogenated alkanes) is 1. The van der Waals surface area contributed by atoms with Crippen molar-refractivity contribution in [2.45, 2.75) is 46.1 Å². The molecule has 2 aromatic rings. The third-order valence-corrected chi connectivity index (χ3v) is 6.45. The zero-order chi connectivity index (χ0) is 32.5. The van der Waals surface area contributed by atoms with Crippen molar-refractivity contribution in [3.63, 3.8) is 0 Å². The van der Waals surface area contributed by atoms with Crippen LogP contribution in [0.1, 0.15) is 46.2 Å². The van der Waals surface area contributed by atoms with E-state index in [0.717, 1.165) is 63.9 Å². The number of terminal acetylenes is 1. The summed E-state index contributed by atoms with van der Waals surface area (Å²) in [5.74, 6) is 10.0. The van der Waals surface area contributed by atoms with E-state index in [2.05, 4.69) is 44.5 Å². The molecule has 0 N–H and O–H groups in total. The van der Waals surface area contributed by atoms with Crippen LogP contribution in [0.25, 0.3) is 0 Å². The predicted octanol–water partition coefficient (Wildman–Crippen LogP) is 6.43. The monoisotopic (exact) mass is 665 g/mol. The number of aromatic nitrogens is 2. The molecule has 0 atom stereocenters. The van der Waals surface area contributed by atoms with Crippen molar-refractivity contribution in [3.8, 4) is 24.2 Å². The van der Waals surface area contributed by atoms with Crippen LogP contribution in [-0.2, 0) is 14.2 Å². The number of halogens is 3. The van der Waals surface area contributed by atoms with Crippen molar-refractivity contribution < 1.29 is 19.0 Å². The van der Waals surface area contributed by atoms with Crippen LogP contribution in [-0.4, -0.2) is 92.8 Å². The van der Waals surface area contributed by atoms with Crippen molar-refractivity contribution in [1.82, 2.24) is 14.9 Å². The van der Waals surface area contributed by atoms with E-state index in [-0.39, 0.29) is 6.54 Å². The second-order valence-electron chi connectivity index (χ2n) is 10.8. The Hall–Kier alpha value is -2.92. The Morgan fingerprint density at radius 2 is 1.48 bits per heavy atom. The summed E-state index contributed by atoms with van der Waals surface area (Å²) in [6.07, 6.45) is 6.51. The van der Waals surface area contributed by atoms with Crippen molar-refractivity contribution in [1.29, 1.82) is 0 Å². The van der Waals surface area contributed by atoms with Gasteiger partial charge in [-0.3, -0.25) is 0 Å². The molecule has 2 saturated heterocycles. The number of amides is 1. The number of rotatable bonds is 4. The molecule has 2 aliphatic rings. The molecule has 2 fully saturated rings. The summed E-state index contributed by atoms with van der Waals surface area (Å²) in [4.78, 5) is 26.3. The van der Waals surface area contributed by atoms with Crippen molar-refractivity contribution in [2.75, 3.05) is 76.0 Å². The fourth-order valence-electron chi connectivity index (χ4n) is 3.71. The first-order valence-corrected chi connectivity index (χ1v) is 15.6. The second-order valence-corrected chi connectivity index (χ2v) is 12.0. The van der Waals surface area contributed by atoms with Crippen LogP contribution in [0.2, 0.25) is 15.2 Å². The summed E-state index contributed by atoms with van der Waals surface area (Å²) in [6.45, 7) is 13.8. The molecule has 12 heteroatoms. The molecule has 240 valence electrons. The molecule has 2 aromatic heterocycles. The maximum absolute atomic E-state index is 11.9. The molecule has 0 saturated carbocycles. The molecule has 44 heavy (non-hydrogen) atoms. The lowest BCUT2D eigenvalue weighted by atomic mass is 10.2. The molecule has 4 rings (SSSR count). The number of carbonyl (C=O) groups excluding carboxylic acids is 1. The van der Waals surface area contributed by atoms with Gasteiger partial charge >= 0.3 is 6.09 Å². The van der Waals surface area contributed by atoms with Gasteiger partial charge in [-0.15, -0.1) is 12.3 Å². The van der Waals surface area contributed by atoms with Gasteiger partial charge in [-0.25, -0.2) is 14.8 Å². The van der Waals surface area contributed by atoms with Crippen molar-refractivity contribution in [3.05, 3.63) is 45.2 Å². The molecule has 4 heterocycles. The molecular weight excluding hydrogens is 625 g/mol. The summed E-state index contributed by atoms with van der Waals surface area (Å²) in [7, 11) is 1.65. The van der Waals surface area contributed by atoms with Crippen LogP contribution in [0, 0.1) is 24.2 Å². The van der Waals surface area contributed by atoms with E-state index in [0.29, 0.717) is 34.1 Å². The van der Waals surface area contributed by atoms with Crippen LogP contribution in [0.5, 0.6) is 0 Å². The first kappa shape index (κ1) is 37.3. The van der Waals surface area contributed by atoms with Gasteiger partial charge in [0.2, 0.25) is 0 Å². The Balaban J connectivity index is 0.000000296. The van der Waals surface area contributed by atoms with Crippen molar-refractivity contribution in [2.24, 2.45) is 0 Å². The average molecular weight is 667 g/mol. The Kier molecular flexibility index (Phi) is 16.5. The average Bonchev–Trinajstić information content (AvgIpc) is 2.97. The maximum atomic E-state index is 11.9. The minimum Gasteiger partial charge on any atom is -0.444 e. The van der Waals surface area contributed by atoms with Crippen LogP contribution >= 0.6 is 34.8 Å². The topological polar surface area (TPSA) is 80.3 Å². The minimum atomic E-state index is -0.527. The van der Waals surface area contributed by atoms with Crippen molar-refractivity contribution >= 4 is 52.5 Å². The van der Waals surface area contributed by atoms with E-state index >= 15 is 0 Å². The minimum absolute atomic E-state index is 0.246. The zero-order valence-electron chi connectivity index (χ0n) is 26.2. The van der Waals surface area contributed by atoms with Crippen LogP contribution in [0.4, 0.5) is 16.4 Å². The molecule has 2 aliphatic heterocycles. The lowest BCUT2D eigenvalue weighted by Crippen LogP contribution is -2.36. The Morgan fingerprint density at radius 3 is 1.93 bits per heavy atom. The first-order chi connectivity index (χ1) is 20.9. The van der Waals surface area contributed by atoms with Gasteiger partial charge in [-0.2, -0.15) is 0 Å². The van der Waals surface area contributed by atoms with E-state index in [9.17, 15) is 4.79 Å². The third-order valence-electron chi connectivity index (χ3n) is 5.82. The number of carbonyl (C=O) groups is 1. The van der Waals surface area contributed by atoms with Gasteiger partial charge < -0.3 is 28.9 Å². The summed E-state index contributed by atoms with van der Waals surface area (Å²) >= 11 is 17.9. The summed E-state index contributed by atoms with van der Waals surface area (Å²) in [5, 5.41) is 1.63. The molecular formula is C32H42Cl3N5O4. The molecule has 1 amide bonds. The Bertz CT molecular complexity index is 1270. The highest BCUT2D eigenvalue weighted by atomic mass is 35.5. The molecule has 0 aromatic carbocycles. The molecule has 9 nitrogen and oxygen atoms in total. The van der Waals surface area contributed by atoms with Gasteiger partial charge in [0.15, 0.2) is 0 Å². The second kappa shape index (κ2) is 19.5. The fraction of sp³-hybridized carbons (Fsp3) is 0.531. The highest BCUT2D eigenvalue weighted by Crippen LogP contribution is 2.22. The number of nitrogens with zero attached hydrogens (tertiary/aromatic N) is 5. The van der Waals surface area contributed by atoms with Crippen LogP contribution < -0.4 is 9.80 Å². The highest BCUT2D eigenvalue weighted by Gasteiger charge is 2.19. The normalized spacial score (nSPS) is 14.4. The van der Waals surface area contributed by atoms with Gasteiger partial charge in [0.25, 0.3) is 0 Å². The van der Waals surface area contributed by atoms with E-state index in [1.807, 2.05) is 32.9 Å². The standard InChI is InChI=1S/C18H24ClN3O3.C9H10Cl2N2O.C5H8/c1-18(2,3)25-17(23)21(4)7-5-6-15-12-14(19)13-16(20-15)22-8-10-24-11-9-22;10-7-5-8(11)12-9(6-7)13-1-3-14-4-2-13;1-3-5-4-2/h12-13H,7-11H2,1-4H3;5-6H,1-4H2;1H,4-5H2,2H3. The Morgan fingerprint density at radius 1 is 0.955 bits per heavy atom. The number of pyridine rings is 2. The van der Waals surface area contributed by atoms with Gasteiger partial charge in [0.1, 0.15) is 28.1 Å². The SMILES string of the molecule is C#CCCC.CN(CC#Cc1cc(Cl)cc(N2CCOCC2)n1)C(=O)OC(C)(C)C.Clc1cc(Cl)nc(N2CCOCC2)c1. The van der Waals surface area contributed by atoms with E-state index in [4.69, 9.17) is 55.4 Å². The third kappa shape index (κ3) is 14.7. The van der Waals surface area contributed by atoms with Crippen LogP contribution in [0.3, 0.4) is 0 Å². The highest BCUT2D eigenvalue weighted by molar-refractivity contribution is 6.34. The van der Waals surface area contributed by atoms with Gasteiger partial charge in [0.05, 0.1) is 33.0 Å². The maximum Gasteiger partial charge on any atom is 0.410 e. The largest absolute Gasteiger partial charge is 0.444 e. The smallest absolute Gasteiger partial charge is 0.410 e. The lowest BCUT2D eigenvalue weighted by molar-refractivity contribution is 0.0321. The molecule has 0 bridgehead atoms. The molecule has 0 spiro atoms. The van der Waals surface area contributed by atoms with Gasteiger partial charge in [-0.1, -0.05) is 47.6 Å². The number of hydrogen-bond donors (Lipinski definition) is 0. The Labute approximate surface area is 277 Å². The van der Waals surface area contributed by atoms with E-state index < -0.39 is 11.7 Å². The predicted molar refractivity (Wildman–Crippen MR) is 179 cm³/mol. The first-order valence-electron chi connectivity index (χ1n) is 14.4. The summed E-state index contributed by atoms with van der Waals surface area (Å²) in [5.41, 5.74) is 0.0481. The number of hydrogen-bond acceptors (Lipinski definition) is 8. The quantitative estimate of drug-likeness (QED) is 0.273. The summed E-state index contributed by atoms with van der Waals surface area (Å²) in [6, 6.07) is 6.99.